The Morgan fingerprint density at radius 3 is 2.50 bits per heavy atom. The molecule has 0 radical (unpaired) electrons. The van der Waals surface area contributed by atoms with E-state index in [1.54, 1.807) is 6.20 Å². The lowest BCUT2D eigenvalue weighted by atomic mass is 10.2. The van der Waals surface area contributed by atoms with Gasteiger partial charge in [-0.3, -0.25) is 0 Å². The summed E-state index contributed by atoms with van der Waals surface area (Å²) < 4.78 is 0. The molecular weight excluding hydrogens is 172 g/mol. The van der Waals surface area contributed by atoms with Gasteiger partial charge in [-0.25, -0.2) is 4.98 Å². The van der Waals surface area contributed by atoms with Crippen LogP contribution in [0, 0.1) is 6.92 Å². The minimum Gasteiger partial charge on any atom is -0.340 e. The predicted octanol–water partition coefficient (Wildman–Crippen LogP) is 3.13. The van der Waals surface area contributed by atoms with Crippen molar-refractivity contribution in [1.82, 2.24) is 4.98 Å². The molecule has 2 heteroatoms. The van der Waals surface area contributed by atoms with Crippen molar-refractivity contribution in [3.8, 4) is 0 Å². The molecular formula is C12H12N2. The van der Waals surface area contributed by atoms with E-state index in [2.05, 4.69) is 23.3 Å². The largest absolute Gasteiger partial charge is 0.340 e. The highest BCUT2D eigenvalue weighted by Gasteiger charge is 1.96. The molecule has 1 aromatic heterocycles. The van der Waals surface area contributed by atoms with E-state index >= 15 is 0 Å². The van der Waals surface area contributed by atoms with E-state index in [1.165, 1.54) is 5.56 Å². The number of aryl methyl sites for hydroxylation is 1. The van der Waals surface area contributed by atoms with Gasteiger partial charge in [0.1, 0.15) is 5.82 Å². The van der Waals surface area contributed by atoms with Crippen LogP contribution < -0.4 is 5.32 Å². The molecule has 2 nitrogen and oxygen atoms in total. The molecule has 1 heterocycles. The molecule has 2 aromatic rings. The Bertz CT molecular complexity index is 410. The van der Waals surface area contributed by atoms with Crippen LogP contribution in [0.3, 0.4) is 0 Å². The minimum atomic E-state index is 0.877. The van der Waals surface area contributed by atoms with Crippen LogP contribution in [0.25, 0.3) is 0 Å². The summed E-state index contributed by atoms with van der Waals surface area (Å²) in [5, 5.41) is 3.26. The van der Waals surface area contributed by atoms with E-state index in [-0.39, 0.29) is 0 Å². The number of nitrogens with one attached hydrogen (secondary N) is 1. The van der Waals surface area contributed by atoms with Gasteiger partial charge in [0.2, 0.25) is 0 Å². The van der Waals surface area contributed by atoms with Crippen molar-refractivity contribution in [2.45, 2.75) is 6.92 Å². The van der Waals surface area contributed by atoms with Gasteiger partial charge in [-0.05, 0) is 30.7 Å². The van der Waals surface area contributed by atoms with Crippen LogP contribution in [0.2, 0.25) is 0 Å². The number of rotatable bonds is 2. The van der Waals surface area contributed by atoms with Crippen LogP contribution in [-0.2, 0) is 0 Å². The molecule has 0 bridgehead atoms. The third-order valence-corrected chi connectivity index (χ3v) is 2.07. The average molecular weight is 184 g/mol. The zero-order chi connectivity index (χ0) is 9.80. The Kier molecular flexibility index (Phi) is 2.45. The fourth-order valence-corrected chi connectivity index (χ4v) is 1.29. The quantitative estimate of drug-likeness (QED) is 0.775. The fourth-order valence-electron chi connectivity index (χ4n) is 1.29. The van der Waals surface area contributed by atoms with Gasteiger partial charge in [0.05, 0.1) is 0 Å². The molecule has 1 aromatic carbocycles. The lowest BCUT2D eigenvalue weighted by Crippen LogP contribution is -1.94. The molecule has 0 saturated heterocycles. The highest BCUT2D eigenvalue weighted by molar-refractivity contribution is 5.59. The number of anilines is 2. The number of nitrogens with zero attached hydrogens (tertiary/aromatic N) is 1. The van der Waals surface area contributed by atoms with Crippen molar-refractivity contribution in [3.63, 3.8) is 0 Å². The van der Waals surface area contributed by atoms with Crippen LogP contribution in [0.15, 0.2) is 48.7 Å². The summed E-state index contributed by atoms with van der Waals surface area (Å²) in [4.78, 5) is 4.20. The number of aromatic nitrogens is 1. The van der Waals surface area contributed by atoms with Gasteiger partial charge in [0, 0.05) is 11.9 Å². The van der Waals surface area contributed by atoms with Crippen molar-refractivity contribution >= 4 is 11.5 Å². The van der Waals surface area contributed by atoms with E-state index < -0.39 is 0 Å². The third kappa shape index (κ3) is 1.91. The number of pyridine rings is 1. The van der Waals surface area contributed by atoms with Crippen LogP contribution in [-0.4, -0.2) is 4.98 Å². The topological polar surface area (TPSA) is 24.9 Å². The first kappa shape index (κ1) is 8.75. The van der Waals surface area contributed by atoms with Gasteiger partial charge < -0.3 is 5.32 Å². The molecule has 0 amide bonds. The summed E-state index contributed by atoms with van der Waals surface area (Å²) in [6, 6.07) is 14.0. The van der Waals surface area contributed by atoms with Crippen LogP contribution in [0.1, 0.15) is 5.56 Å². The first-order chi connectivity index (χ1) is 6.86. The molecule has 0 spiro atoms. The van der Waals surface area contributed by atoms with Gasteiger partial charge in [-0.2, -0.15) is 0 Å². The summed E-state index contributed by atoms with van der Waals surface area (Å²) in [7, 11) is 0. The van der Waals surface area contributed by atoms with Gasteiger partial charge >= 0.3 is 0 Å². The zero-order valence-electron chi connectivity index (χ0n) is 8.07. The zero-order valence-corrected chi connectivity index (χ0v) is 8.07. The standard InChI is InChI=1S/C12H12N2/c1-10-6-2-3-7-11(10)14-12-8-4-5-9-13-12/h2-9H,1H3,(H,13,14). The molecule has 0 aliphatic rings. The minimum absolute atomic E-state index is 0.877. The second kappa shape index (κ2) is 3.92. The average Bonchev–Trinajstić information content (AvgIpc) is 2.23. The maximum atomic E-state index is 4.20. The maximum absolute atomic E-state index is 4.20. The molecule has 0 atom stereocenters. The van der Waals surface area contributed by atoms with Gasteiger partial charge in [0.25, 0.3) is 0 Å². The molecule has 0 aliphatic heterocycles. The van der Waals surface area contributed by atoms with Crippen molar-refractivity contribution in [2.75, 3.05) is 5.32 Å². The Hall–Kier alpha value is -1.83. The summed E-state index contributed by atoms with van der Waals surface area (Å²) in [6.45, 7) is 2.07. The SMILES string of the molecule is Cc1ccccc1Nc1ccccn1. The van der Waals surface area contributed by atoms with E-state index in [9.17, 15) is 0 Å². The summed E-state index contributed by atoms with van der Waals surface area (Å²) in [5.41, 5.74) is 2.32. The monoisotopic (exact) mass is 184 g/mol. The molecule has 1 N–H and O–H groups in total. The van der Waals surface area contributed by atoms with E-state index in [0.717, 1.165) is 11.5 Å². The van der Waals surface area contributed by atoms with Crippen LogP contribution >= 0.6 is 0 Å². The normalized spacial score (nSPS) is 9.79. The van der Waals surface area contributed by atoms with Gasteiger partial charge in [-0.1, -0.05) is 24.3 Å². The summed E-state index contributed by atoms with van der Waals surface area (Å²) in [6.07, 6.45) is 1.78. The lowest BCUT2D eigenvalue weighted by Gasteiger charge is -2.07. The lowest BCUT2D eigenvalue weighted by molar-refractivity contribution is 1.30. The Morgan fingerprint density at radius 2 is 1.79 bits per heavy atom. The maximum Gasteiger partial charge on any atom is 0.130 e. The van der Waals surface area contributed by atoms with Crippen molar-refractivity contribution in [3.05, 3.63) is 54.2 Å². The molecule has 0 saturated carbocycles. The first-order valence-corrected chi connectivity index (χ1v) is 4.60. The second-order valence-electron chi connectivity index (χ2n) is 3.15. The van der Waals surface area contributed by atoms with Crippen molar-refractivity contribution in [1.29, 1.82) is 0 Å². The second-order valence-corrected chi connectivity index (χ2v) is 3.15. The summed E-state index contributed by atoms with van der Waals surface area (Å²) in [5.74, 6) is 0.877. The van der Waals surface area contributed by atoms with Crippen LogP contribution in [0.5, 0.6) is 0 Å². The Balaban J connectivity index is 2.24. The molecule has 2 rings (SSSR count). The number of benzene rings is 1. The molecule has 14 heavy (non-hydrogen) atoms. The number of para-hydroxylation sites is 1. The fraction of sp³-hybridized carbons (Fsp3) is 0.0833. The van der Waals surface area contributed by atoms with Crippen LogP contribution in [0.4, 0.5) is 11.5 Å². The smallest absolute Gasteiger partial charge is 0.130 e. The van der Waals surface area contributed by atoms with Gasteiger partial charge in [0.15, 0.2) is 0 Å². The number of hydrogen-bond donors (Lipinski definition) is 1. The number of hydrogen-bond acceptors (Lipinski definition) is 2. The van der Waals surface area contributed by atoms with E-state index in [0.29, 0.717) is 0 Å². The van der Waals surface area contributed by atoms with E-state index in [4.69, 9.17) is 0 Å². The first-order valence-electron chi connectivity index (χ1n) is 4.60. The molecule has 0 fully saturated rings. The van der Waals surface area contributed by atoms with Gasteiger partial charge in [-0.15, -0.1) is 0 Å². The molecule has 0 aliphatic carbocycles. The van der Waals surface area contributed by atoms with Crippen molar-refractivity contribution in [2.24, 2.45) is 0 Å². The highest BCUT2D eigenvalue weighted by Crippen LogP contribution is 2.17. The van der Waals surface area contributed by atoms with E-state index in [1.807, 2.05) is 36.4 Å². The third-order valence-electron chi connectivity index (χ3n) is 2.07. The molecule has 70 valence electrons. The summed E-state index contributed by atoms with van der Waals surface area (Å²) >= 11 is 0. The van der Waals surface area contributed by atoms with Crippen molar-refractivity contribution < 1.29 is 0 Å². The predicted molar refractivity (Wildman–Crippen MR) is 58.7 cm³/mol. The molecule has 0 unspecified atom stereocenters. The highest BCUT2D eigenvalue weighted by atomic mass is 15.0. The Morgan fingerprint density at radius 1 is 1.00 bits per heavy atom. The Labute approximate surface area is 83.6 Å².